The van der Waals surface area contributed by atoms with Crippen LogP contribution >= 0.6 is 0 Å². The van der Waals surface area contributed by atoms with Crippen LogP contribution in [0.4, 0.5) is 0 Å². The van der Waals surface area contributed by atoms with Gasteiger partial charge in [-0.05, 0) is 0 Å². The summed E-state index contributed by atoms with van der Waals surface area (Å²) < 4.78 is 21.5. The lowest BCUT2D eigenvalue weighted by Crippen LogP contribution is -2.30. The number of rotatable bonds is 1. The molecule has 1 fully saturated rings. The largest absolute Gasteiger partial charge is 0.367 e. The van der Waals surface area contributed by atoms with Gasteiger partial charge in [-0.25, -0.2) is 8.42 Å². The van der Waals surface area contributed by atoms with Crippen LogP contribution in [0.2, 0.25) is 0 Å². The molecule has 62 valence electrons. The molecule has 1 heterocycles. The van der Waals surface area contributed by atoms with Gasteiger partial charge in [0.15, 0.2) is 0 Å². The summed E-state index contributed by atoms with van der Waals surface area (Å²) in [6, 6.07) is 0. The molecule has 0 spiro atoms. The van der Waals surface area contributed by atoms with Gasteiger partial charge in [-0.1, -0.05) is 0 Å². The van der Waals surface area contributed by atoms with E-state index < -0.39 is 31.7 Å². The van der Waals surface area contributed by atoms with E-state index in [1.54, 1.807) is 0 Å². The standard InChI is InChI=1S/C4H5NO5S/c6-3-1-2-11(9,10)4(3)5(7)8/h4H,1-2H2. The third kappa shape index (κ3) is 1.23. The summed E-state index contributed by atoms with van der Waals surface area (Å²) in [4.78, 5) is 19.6. The van der Waals surface area contributed by atoms with Gasteiger partial charge in [-0.2, -0.15) is 0 Å². The van der Waals surface area contributed by atoms with Crippen molar-refractivity contribution in [1.82, 2.24) is 0 Å². The molecule has 1 rings (SSSR count). The zero-order valence-electron chi connectivity index (χ0n) is 5.39. The molecule has 0 aromatic carbocycles. The SMILES string of the molecule is O=C1CCS(=O)(=O)C1[N+](=O)[O-]. The van der Waals surface area contributed by atoms with Gasteiger partial charge < -0.3 is 0 Å². The van der Waals surface area contributed by atoms with Crippen molar-refractivity contribution in [2.45, 2.75) is 11.8 Å². The summed E-state index contributed by atoms with van der Waals surface area (Å²) >= 11 is 0. The molecule has 0 aromatic rings. The quantitative estimate of drug-likeness (QED) is 0.379. The highest BCUT2D eigenvalue weighted by atomic mass is 32.2. The molecule has 1 atom stereocenters. The van der Waals surface area contributed by atoms with Crippen LogP contribution in [-0.2, 0) is 14.6 Å². The summed E-state index contributed by atoms with van der Waals surface area (Å²) in [6.07, 6.45) is -0.228. The third-order valence-corrected chi connectivity index (χ3v) is 3.33. The van der Waals surface area contributed by atoms with Crippen LogP contribution in [0.1, 0.15) is 6.42 Å². The zero-order chi connectivity index (χ0) is 8.65. The van der Waals surface area contributed by atoms with Crippen LogP contribution in [0.25, 0.3) is 0 Å². The van der Waals surface area contributed by atoms with Crippen molar-refractivity contribution in [2.24, 2.45) is 0 Å². The lowest BCUT2D eigenvalue weighted by Gasteiger charge is -1.96. The Morgan fingerprint density at radius 2 is 2.09 bits per heavy atom. The molecule has 0 amide bonds. The van der Waals surface area contributed by atoms with Crippen molar-refractivity contribution in [3.8, 4) is 0 Å². The molecule has 1 aliphatic rings. The van der Waals surface area contributed by atoms with Gasteiger partial charge in [-0.3, -0.25) is 14.9 Å². The van der Waals surface area contributed by atoms with Crippen molar-refractivity contribution in [2.75, 3.05) is 5.75 Å². The van der Waals surface area contributed by atoms with Crippen LogP contribution in [0.15, 0.2) is 0 Å². The highest BCUT2D eigenvalue weighted by molar-refractivity contribution is 7.93. The minimum Gasteiger partial charge on any atom is -0.291 e. The lowest BCUT2D eigenvalue weighted by molar-refractivity contribution is -0.482. The minimum atomic E-state index is -3.78. The number of Topliss-reactive ketones (excluding diaryl/α,β-unsaturated/α-hetero) is 1. The number of nitro groups is 1. The van der Waals surface area contributed by atoms with Crippen molar-refractivity contribution in [1.29, 1.82) is 0 Å². The van der Waals surface area contributed by atoms with Crippen LogP contribution in [-0.4, -0.2) is 30.3 Å². The van der Waals surface area contributed by atoms with E-state index in [0.717, 1.165) is 0 Å². The van der Waals surface area contributed by atoms with Crippen molar-refractivity contribution < 1.29 is 18.1 Å². The smallest absolute Gasteiger partial charge is 0.291 e. The molecule has 11 heavy (non-hydrogen) atoms. The maximum absolute atomic E-state index is 10.8. The van der Waals surface area contributed by atoms with Gasteiger partial charge in [0, 0.05) is 11.3 Å². The maximum Gasteiger partial charge on any atom is 0.367 e. The number of carbonyl (C=O) groups excluding carboxylic acids is 1. The highest BCUT2D eigenvalue weighted by Crippen LogP contribution is 2.16. The fourth-order valence-corrected chi connectivity index (χ4v) is 2.42. The Morgan fingerprint density at radius 1 is 1.55 bits per heavy atom. The third-order valence-electron chi connectivity index (χ3n) is 1.44. The Balaban J connectivity index is 3.09. The molecular formula is C4H5NO5S. The van der Waals surface area contributed by atoms with Crippen molar-refractivity contribution in [3.63, 3.8) is 0 Å². The topological polar surface area (TPSA) is 94.3 Å². The van der Waals surface area contributed by atoms with E-state index in [-0.39, 0.29) is 6.42 Å². The predicted molar refractivity (Wildman–Crippen MR) is 34.2 cm³/mol. The first-order valence-corrected chi connectivity index (χ1v) is 4.54. The Kier molecular flexibility index (Phi) is 1.67. The Labute approximate surface area is 62.3 Å². The first-order valence-electron chi connectivity index (χ1n) is 2.83. The molecule has 0 aromatic heterocycles. The van der Waals surface area contributed by atoms with E-state index in [2.05, 4.69) is 0 Å². The van der Waals surface area contributed by atoms with Crippen LogP contribution in [0.3, 0.4) is 0 Å². The van der Waals surface area contributed by atoms with Gasteiger partial charge in [-0.15, -0.1) is 0 Å². The number of hydrogen-bond acceptors (Lipinski definition) is 5. The number of ketones is 1. The highest BCUT2D eigenvalue weighted by Gasteiger charge is 2.48. The fourth-order valence-electron chi connectivity index (χ4n) is 0.927. The molecule has 1 aliphatic heterocycles. The molecule has 0 saturated carbocycles. The number of hydrogen-bond donors (Lipinski definition) is 0. The second-order valence-electron chi connectivity index (χ2n) is 2.22. The number of sulfone groups is 1. The second-order valence-corrected chi connectivity index (χ2v) is 4.40. The molecule has 0 radical (unpaired) electrons. The summed E-state index contributed by atoms with van der Waals surface area (Å²) in [5, 5.41) is 8.04. The Hall–Kier alpha value is -0.980. The fraction of sp³-hybridized carbons (Fsp3) is 0.750. The second kappa shape index (κ2) is 2.26. The normalized spacial score (nSPS) is 28.7. The average Bonchev–Trinajstić information content (AvgIpc) is 2.06. The molecule has 0 N–H and O–H groups in total. The molecule has 1 unspecified atom stereocenters. The van der Waals surface area contributed by atoms with Crippen LogP contribution in [0.5, 0.6) is 0 Å². The summed E-state index contributed by atoms with van der Waals surface area (Å²) in [5.41, 5.74) is 0. The van der Waals surface area contributed by atoms with E-state index in [0.29, 0.717) is 0 Å². The predicted octanol–water partition coefficient (Wildman–Crippen LogP) is -1.02. The van der Waals surface area contributed by atoms with Crippen molar-refractivity contribution >= 4 is 15.6 Å². The lowest BCUT2D eigenvalue weighted by atomic mass is 10.3. The zero-order valence-corrected chi connectivity index (χ0v) is 6.20. The molecule has 0 bridgehead atoms. The molecular weight excluding hydrogens is 174 g/mol. The van der Waals surface area contributed by atoms with Crippen LogP contribution < -0.4 is 0 Å². The Bertz CT molecular complexity index is 304. The van der Waals surface area contributed by atoms with Gasteiger partial charge in [0.25, 0.3) is 0 Å². The summed E-state index contributed by atoms with van der Waals surface area (Å²) in [7, 11) is -3.78. The molecule has 1 saturated heterocycles. The summed E-state index contributed by atoms with van der Waals surface area (Å²) in [6.45, 7) is 0. The van der Waals surface area contributed by atoms with Gasteiger partial charge >= 0.3 is 5.37 Å². The molecule has 6 nitrogen and oxygen atoms in total. The van der Waals surface area contributed by atoms with E-state index in [9.17, 15) is 23.3 Å². The van der Waals surface area contributed by atoms with E-state index in [1.165, 1.54) is 0 Å². The van der Waals surface area contributed by atoms with Gasteiger partial charge in [0.2, 0.25) is 15.6 Å². The number of carbonyl (C=O) groups is 1. The van der Waals surface area contributed by atoms with Gasteiger partial charge in [0.05, 0.1) is 5.75 Å². The van der Waals surface area contributed by atoms with Crippen LogP contribution in [0, 0.1) is 10.1 Å². The maximum atomic E-state index is 10.8. The molecule has 7 heteroatoms. The monoisotopic (exact) mass is 179 g/mol. The van der Waals surface area contributed by atoms with Gasteiger partial charge in [0.1, 0.15) is 0 Å². The van der Waals surface area contributed by atoms with E-state index in [4.69, 9.17) is 0 Å². The first kappa shape index (κ1) is 8.12. The Morgan fingerprint density at radius 3 is 2.27 bits per heavy atom. The van der Waals surface area contributed by atoms with E-state index in [1.807, 2.05) is 0 Å². The molecule has 0 aliphatic carbocycles. The minimum absolute atomic E-state index is 0.228. The average molecular weight is 179 g/mol. The summed E-state index contributed by atoms with van der Waals surface area (Å²) in [5.74, 6) is -1.20. The van der Waals surface area contributed by atoms with E-state index >= 15 is 0 Å². The van der Waals surface area contributed by atoms with Crippen molar-refractivity contribution in [3.05, 3.63) is 10.1 Å². The first-order chi connectivity index (χ1) is 4.95. The number of nitrogens with zero attached hydrogens (tertiary/aromatic N) is 1.